The number of thioether (sulfide) groups is 1. The van der Waals surface area contributed by atoms with E-state index in [4.69, 9.17) is 0 Å². The smallest absolute Gasteiger partial charge is 0.230 e. The summed E-state index contributed by atoms with van der Waals surface area (Å²) in [6.07, 6.45) is 3.77. The molecule has 5 nitrogen and oxygen atoms in total. The van der Waals surface area contributed by atoms with Gasteiger partial charge in [-0.2, -0.15) is 5.10 Å². The molecule has 1 aliphatic carbocycles. The van der Waals surface area contributed by atoms with Crippen LogP contribution in [0.3, 0.4) is 0 Å². The van der Waals surface area contributed by atoms with Gasteiger partial charge in [-0.1, -0.05) is 43.8 Å². The Labute approximate surface area is 173 Å². The molecule has 1 aliphatic rings. The Morgan fingerprint density at radius 1 is 1.36 bits per heavy atom. The number of para-hydroxylation sites is 1. The Hall–Kier alpha value is -2.12. The number of carbonyl (C=O) groups is 1. The monoisotopic (exact) mass is 412 g/mol. The van der Waals surface area contributed by atoms with Crippen LogP contribution in [-0.4, -0.2) is 26.4 Å². The maximum atomic E-state index is 12.6. The number of nitrogens with one attached hydrogen (secondary N) is 1. The highest BCUT2D eigenvalue weighted by atomic mass is 32.2. The molecule has 1 aromatic carbocycles. The van der Waals surface area contributed by atoms with E-state index in [0.29, 0.717) is 5.75 Å². The molecule has 146 valence electrons. The van der Waals surface area contributed by atoms with Crippen molar-refractivity contribution in [3.05, 3.63) is 58.9 Å². The molecule has 28 heavy (non-hydrogen) atoms. The summed E-state index contributed by atoms with van der Waals surface area (Å²) in [6.45, 7) is 6.48. The molecule has 1 atom stereocenters. The van der Waals surface area contributed by atoms with Gasteiger partial charge < -0.3 is 5.32 Å². The summed E-state index contributed by atoms with van der Waals surface area (Å²) in [5, 5.41) is 9.88. The lowest BCUT2D eigenvalue weighted by molar-refractivity contribution is -0.119. The van der Waals surface area contributed by atoms with Crippen LogP contribution in [0, 0.1) is 12.3 Å². The van der Waals surface area contributed by atoms with Crippen LogP contribution in [0.4, 0.5) is 0 Å². The summed E-state index contributed by atoms with van der Waals surface area (Å²) in [6, 6.07) is 10.2. The lowest BCUT2D eigenvalue weighted by Crippen LogP contribution is -2.37. The molecule has 0 aliphatic heterocycles. The second-order valence-corrected chi connectivity index (χ2v) is 10.1. The van der Waals surface area contributed by atoms with Crippen LogP contribution in [0.2, 0.25) is 0 Å². The first-order chi connectivity index (χ1) is 13.4. The minimum atomic E-state index is -0.0117. The average Bonchev–Trinajstić information content (AvgIpc) is 3.26. The maximum absolute atomic E-state index is 12.6. The summed E-state index contributed by atoms with van der Waals surface area (Å²) < 4.78 is 2.96. The van der Waals surface area contributed by atoms with Gasteiger partial charge in [0.2, 0.25) is 5.91 Å². The molecule has 0 saturated heterocycles. The molecule has 0 spiro atoms. The van der Waals surface area contributed by atoms with Gasteiger partial charge in [0.15, 0.2) is 4.34 Å². The van der Waals surface area contributed by atoms with Gasteiger partial charge in [0.1, 0.15) is 0 Å². The van der Waals surface area contributed by atoms with Crippen molar-refractivity contribution in [1.29, 1.82) is 0 Å². The minimum absolute atomic E-state index is 0.0117. The number of carbonyl (C=O) groups excluding carboxylic acids is 1. The Balaban J connectivity index is 1.52. The van der Waals surface area contributed by atoms with Crippen LogP contribution in [0.15, 0.2) is 46.2 Å². The van der Waals surface area contributed by atoms with E-state index in [1.54, 1.807) is 11.3 Å². The lowest BCUT2D eigenvalue weighted by atomic mass is 9.74. The van der Waals surface area contributed by atoms with Crippen LogP contribution in [-0.2, 0) is 11.2 Å². The number of thiazole rings is 1. The van der Waals surface area contributed by atoms with Crippen molar-refractivity contribution in [2.75, 3.05) is 5.75 Å². The maximum Gasteiger partial charge on any atom is 0.230 e. The zero-order chi connectivity index (χ0) is 19.7. The summed E-state index contributed by atoms with van der Waals surface area (Å²) in [7, 11) is 0. The number of benzene rings is 1. The van der Waals surface area contributed by atoms with E-state index < -0.39 is 0 Å². The number of nitrogens with zero attached hydrogens (tertiary/aromatic N) is 3. The quantitative estimate of drug-likeness (QED) is 0.624. The van der Waals surface area contributed by atoms with E-state index >= 15 is 0 Å². The van der Waals surface area contributed by atoms with Gasteiger partial charge in [0.05, 0.1) is 29.4 Å². The minimum Gasteiger partial charge on any atom is -0.348 e. The van der Waals surface area contributed by atoms with E-state index in [9.17, 15) is 4.79 Å². The summed E-state index contributed by atoms with van der Waals surface area (Å²) >= 11 is 3.08. The highest BCUT2D eigenvalue weighted by molar-refractivity contribution is 8.01. The standard InChI is InChI=1S/C21H24N4OS2/c1-14-12-27-20(23-14)28-13-19(26)24-17-9-21(2,3)10-18-16(17)11-22-25(18)15-7-5-4-6-8-15/h4-8,11-12,17H,9-10,13H2,1-3H3,(H,24,26)/t17-/m1/s1. The predicted octanol–water partition coefficient (Wildman–Crippen LogP) is 4.56. The predicted molar refractivity (Wildman–Crippen MR) is 114 cm³/mol. The second-order valence-electron chi connectivity index (χ2n) is 8.00. The molecule has 0 bridgehead atoms. The number of rotatable bonds is 5. The number of hydrogen-bond donors (Lipinski definition) is 1. The van der Waals surface area contributed by atoms with Gasteiger partial charge in [-0.05, 0) is 37.3 Å². The van der Waals surface area contributed by atoms with Crippen molar-refractivity contribution in [1.82, 2.24) is 20.1 Å². The van der Waals surface area contributed by atoms with Gasteiger partial charge in [0.25, 0.3) is 0 Å². The average molecular weight is 413 g/mol. The van der Waals surface area contributed by atoms with E-state index in [0.717, 1.165) is 34.1 Å². The molecule has 2 heterocycles. The molecular formula is C21H24N4OS2. The fraction of sp³-hybridized carbons (Fsp3) is 0.381. The third-order valence-corrected chi connectivity index (χ3v) is 7.08. The van der Waals surface area contributed by atoms with Crippen LogP contribution in [0.1, 0.15) is 43.3 Å². The van der Waals surface area contributed by atoms with Crippen molar-refractivity contribution < 1.29 is 4.79 Å². The number of hydrogen-bond acceptors (Lipinski definition) is 5. The van der Waals surface area contributed by atoms with Crippen molar-refractivity contribution >= 4 is 29.0 Å². The molecule has 1 N–H and O–H groups in total. The largest absolute Gasteiger partial charge is 0.348 e. The third-order valence-electron chi connectivity index (χ3n) is 4.94. The molecule has 3 aromatic rings. The Bertz CT molecular complexity index is 977. The molecule has 1 amide bonds. The zero-order valence-electron chi connectivity index (χ0n) is 16.3. The fourth-order valence-electron chi connectivity index (χ4n) is 3.72. The van der Waals surface area contributed by atoms with E-state index in [1.165, 1.54) is 17.5 Å². The van der Waals surface area contributed by atoms with E-state index in [2.05, 4.69) is 41.4 Å². The Morgan fingerprint density at radius 3 is 2.86 bits per heavy atom. The van der Waals surface area contributed by atoms with Crippen LogP contribution < -0.4 is 5.32 Å². The first-order valence-electron chi connectivity index (χ1n) is 9.38. The summed E-state index contributed by atoms with van der Waals surface area (Å²) in [5.41, 5.74) is 4.47. The Kier molecular flexibility index (Phi) is 5.29. The fourth-order valence-corrected chi connectivity index (χ4v) is 5.39. The number of amides is 1. The van der Waals surface area contributed by atoms with Crippen molar-refractivity contribution in [3.8, 4) is 5.69 Å². The Morgan fingerprint density at radius 2 is 2.14 bits per heavy atom. The zero-order valence-corrected chi connectivity index (χ0v) is 17.9. The molecule has 0 radical (unpaired) electrons. The number of aromatic nitrogens is 3. The van der Waals surface area contributed by atoms with Gasteiger partial charge >= 0.3 is 0 Å². The highest BCUT2D eigenvalue weighted by Gasteiger charge is 2.36. The van der Waals surface area contributed by atoms with Gasteiger partial charge in [-0.15, -0.1) is 11.3 Å². The first-order valence-corrected chi connectivity index (χ1v) is 11.2. The third kappa shape index (κ3) is 4.15. The molecule has 2 aromatic heterocycles. The topological polar surface area (TPSA) is 59.8 Å². The molecule has 0 unspecified atom stereocenters. The van der Waals surface area contributed by atoms with Crippen molar-refractivity contribution in [2.45, 2.75) is 44.0 Å². The van der Waals surface area contributed by atoms with Crippen molar-refractivity contribution in [2.24, 2.45) is 5.41 Å². The molecule has 7 heteroatoms. The normalized spacial score (nSPS) is 17.9. The van der Waals surface area contributed by atoms with Crippen LogP contribution in [0.25, 0.3) is 5.69 Å². The number of aryl methyl sites for hydroxylation is 1. The molecule has 0 fully saturated rings. The lowest BCUT2D eigenvalue weighted by Gasteiger charge is -2.36. The van der Waals surface area contributed by atoms with E-state index in [1.807, 2.05) is 41.4 Å². The first kappa shape index (κ1) is 19.2. The van der Waals surface area contributed by atoms with Crippen LogP contribution in [0.5, 0.6) is 0 Å². The SMILES string of the molecule is Cc1csc(SCC(=O)N[C@@H]2CC(C)(C)Cc3c2cnn3-c2ccccc2)n1. The molecule has 0 saturated carbocycles. The highest BCUT2D eigenvalue weighted by Crippen LogP contribution is 2.41. The molecular weight excluding hydrogens is 388 g/mol. The van der Waals surface area contributed by atoms with Crippen LogP contribution >= 0.6 is 23.1 Å². The molecule has 4 rings (SSSR count). The van der Waals surface area contributed by atoms with Gasteiger partial charge in [-0.25, -0.2) is 9.67 Å². The van der Waals surface area contributed by atoms with Gasteiger partial charge in [-0.3, -0.25) is 4.79 Å². The van der Waals surface area contributed by atoms with Crippen molar-refractivity contribution in [3.63, 3.8) is 0 Å². The second kappa shape index (κ2) is 7.72. The van der Waals surface area contributed by atoms with Gasteiger partial charge in [0, 0.05) is 16.6 Å². The number of fused-ring (bicyclic) bond motifs is 1. The summed E-state index contributed by atoms with van der Waals surface area (Å²) in [4.78, 5) is 17.0. The summed E-state index contributed by atoms with van der Waals surface area (Å²) in [5.74, 6) is 0.422. The van der Waals surface area contributed by atoms with E-state index in [-0.39, 0.29) is 17.4 Å².